The van der Waals surface area contributed by atoms with E-state index in [0.29, 0.717) is 6.54 Å². The van der Waals surface area contributed by atoms with Gasteiger partial charge in [-0.15, -0.1) is 35.3 Å². The molecule has 1 fully saturated rings. The minimum absolute atomic E-state index is 0. The Morgan fingerprint density at radius 1 is 1.19 bits per heavy atom. The number of amides is 1. The molecule has 1 aromatic heterocycles. The molecule has 27 heavy (non-hydrogen) atoms. The number of aliphatic imine (C=N–C) groups is 1. The third-order valence-corrected chi connectivity index (χ3v) is 5.67. The summed E-state index contributed by atoms with van der Waals surface area (Å²) in [6.45, 7) is 9.24. The van der Waals surface area contributed by atoms with Crippen LogP contribution >= 0.6 is 35.3 Å². The van der Waals surface area contributed by atoms with Crippen LogP contribution in [0.5, 0.6) is 0 Å². The minimum Gasteiger partial charge on any atom is -0.356 e. The molecule has 0 atom stereocenters. The summed E-state index contributed by atoms with van der Waals surface area (Å²) in [5.74, 6) is 0.824. The lowest BCUT2D eigenvalue weighted by atomic mass is 9.98. The van der Waals surface area contributed by atoms with Gasteiger partial charge in [0.05, 0.1) is 4.88 Å². The number of carbonyl (C=O) groups excluding carboxylic acids is 1. The molecule has 0 spiro atoms. The fourth-order valence-electron chi connectivity index (χ4n) is 3.12. The maximum Gasteiger partial charge on any atom is 0.261 e. The summed E-state index contributed by atoms with van der Waals surface area (Å²) < 4.78 is 0. The van der Waals surface area contributed by atoms with Gasteiger partial charge in [-0.25, -0.2) is 0 Å². The van der Waals surface area contributed by atoms with Gasteiger partial charge >= 0.3 is 0 Å². The molecule has 1 aromatic rings. The standard InChI is InChI=1S/C19H33N5OS.HI/c1-19(2,24-12-5-4-6-13-24)15-23-18(20-3)22-11-8-10-21-17(25)16-9-7-14-26-16;/h7,9,14H,4-6,8,10-13,15H2,1-3H3,(H,21,25)(H2,20,22,23);1H. The quantitative estimate of drug-likeness (QED) is 0.219. The second-order valence-corrected chi connectivity index (χ2v) is 8.25. The molecule has 0 aromatic carbocycles. The van der Waals surface area contributed by atoms with E-state index in [1.165, 1.54) is 43.7 Å². The highest BCUT2D eigenvalue weighted by molar-refractivity contribution is 14.0. The molecule has 0 radical (unpaired) electrons. The van der Waals surface area contributed by atoms with Gasteiger partial charge in [0.15, 0.2) is 5.96 Å². The molecule has 3 N–H and O–H groups in total. The van der Waals surface area contributed by atoms with E-state index in [1.807, 2.05) is 17.5 Å². The number of hydrogen-bond acceptors (Lipinski definition) is 4. The summed E-state index contributed by atoms with van der Waals surface area (Å²) in [7, 11) is 1.79. The summed E-state index contributed by atoms with van der Waals surface area (Å²) in [6, 6.07) is 3.73. The van der Waals surface area contributed by atoms with Crippen LogP contribution < -0.4 is 16.0 Å². The monoisotopic (exact) mass is 507 g/mol. The smallest absolute Gasteiger partial charge is 0.261 e. The molecule has 6 nitrogen and oxygen atoms in total. The molecule has 0 aliphatic carbocycles. The summed E-state index contributed by atoms with van der Waals surface area (Å²) >= 11 is 1.46. The number of likely N-dealkylation sites (tertiary alicyclic amines) is 1. The predicted molar refractivity (Wildman–Crippen MR) is 126 cm³/mol. The summed E-state index contributed by atoms with van der Waals surface area (Å²) in [6.07, 6.45) is 4.81. The molecule has 2 rings (SSSR count). The number of guanidine groups is 1. The van der Waals surface area contributed by atoms with Gasteiger partial charge in [0.25, 0.3) is 5.91 Å². The number of piperidine rings is 1. The van der Waals surface area contributed by atoms with Crippen molar-refractivity contribution in [3.8, 4) is 0 Å². The first-order valence-electron chi connectivity index (χ1n) is 9.54. The van der Waals surface area contributed by atoms with E-state index in [9.17, 15) is 4.79 Å². The van der Waals surface area contributed by atoms with Crippen molar-refractivity contribution in [3.05, 3.63) is 22.4 Å². The lowest BCUT2D eigenvalue weighted by Gasteiger charge is -2.41. The van der Waals surface area contributed by atoms with E-state index < -0.39 is 0 Å². The molecular weight excluding hydrogens is 473 g/mol. The van der Waals surface area contributed by atoms with Crippen LogP contribution in [0.2, 0.25) is 0 Å². The maximum absolute atomic E-state index is 11.9. The molecule has 0 saturated carbocycles. The van der Waals surface area contributed by atoms with Gasteiger partial charge in [0.1, 0.15) is 0 Å². The van der Waals surface area contributed by atoms with Crippen LogP contribution in [0.4, 0.5) is 0 Å². The number of nitrogens with zero attached hydrogens (tertiary/aromatic N) is 2. The average molecular weight is 507 g/mol. The van der Waals surface area contributed by atoms with Crippen molar-refractivity contribution in [2.24, 2.45) is 4.99 Å². The molecule has 2 heterocycles. The van der Waals surface area contributed by atoms with Gasteiger partial charge in [0, 0.05) is 32.2 Å². The predicted octanol–water partition coefficient (Wildman–Crippen LogP) is 2.92. The van der Waals surface area contributed by atoms with Crippen LogP contribution in [0.3, 0.4) is 0 Å². The van der Waals surface area contributed by atoms with Crippen molar-refractivity contribution in [1.29, 1.82) is 0 Å². The number of carbonyl (C=O) groups is 1. The van der Waals surface area contributed by atoms with Crippen molar-refractivity contribution in [2.45, 2.75) is 45.1 Å². The molecule has 1 amide bonds. The minimum atomic E-state index is 0. The van der Waals surface area contributed by atoms with Crippen LogP contribution in [0.25, 0.3) is 0 Å². The van der Waals surface area contributed by atoms with E-state index in [-0.39, 0.29) is 35.4 Å². The summed E-state index contributed by atoms with van der Waals surface area (Å²) in [5.41, 5.74) is 0.118. The van der Waals surface area contributed by atoms with Gasteiger partial charge in [0.2, 0.25) is 0 Å². The molecule has 1 saturated heterocycles. The van der Waals surface area contributed by atoms with E-state index in [4.69, 9.17) is 0 Å². The topological polar surface area (TPSA) is 68.8 Å². The first-order valence-corrected chi connectivity index (χ1v) is 10.4. The van der Waals surface area contributed by atoms with Crippen LogP contribution in [0, 0.1) is 0 Å². The SMILES string of the molecule is CN=C(NCCCNC(=O)c1cccs1)NCC(C)(C)N1CCCCC1.I. The Labute approximate surface area is 184 Å². The van der Waals surface area contributed by atoms with Gasteiger partial charge in [-0.1, -0.05) is 12.5 Å². The second kappa shape index (κ2) is 12.6. The van der Waals surface area contributed by atoms with Crippen LogP contribution in [0.1, 0.15) is 49.2 Å². The van der Waals surface area contributed by atoms with Crippen molar-refractivity contribution < 1.29 is 4.79 Å². The van der Waals surface area contributed by atoms with Crippen LogP contribution in [-0.4, -0.2) is 62.1 Å². The summed E-state index contributed by atoms with van der Waals surface area (Å²) in [5, 5.41) is 11.6. The molecule has 154 valence electrons. The Morgan fingerprint density at radius 2 is 1.89 bits per heavy atom. The number of halogens is 1. The molecule has 1 aliphatic heterocycles. The van der Waals surface area contributed by atoms with Crippen molar-refractivity contribution >= 4 is 47.2 Å². The van der Waals surface area contributed by atoms with Crippen molar-refractivity contribution in [2.75, 3.05) is 39.8 Å². The van der Waals surface area contributed by atoms with Gasteiger partial charge in [-0.05, 0) is 57.6 Å². The normalized spacial score (nSPS) is 15.7. The zero-order valence-corrected chi connectivity index (χ0v) is 19.9. The maximum atomic E-state index is 11.9. The van der Waals surface area contributed by atoms with Crippen LogP contribution in [0.15, 0.2) is 22.5 Å². The molecule has 1 aliphatic rings. The van der Waals surface area contributed by atoms with Crippen LogP contribution in [-0.2, 0) is 0 Å². The van der Waals surface area contributed by atoms with Crippen molar-refractivity contribution in [1.82, 2.24) is 20.9 Å². The zero-order chi connectivity index (χ0) is 18.8. The Balaban J connectivity index is 0.00000364. The van der Waals surface area contributed by atoms with E-state index in [0.717, 1.165) is 30.3 Å². The number of hydrogen-bond donors (Lipinski definition) is 3. The summed E-state index contributed by atoms with van der Waals surface area (Å²) in [4.78, 5) is 19.5. The Bertz CT molecular complexity index is 571. The van der Waals surface area contributed by atoms with Gasteiger partial charge in [-0.2, -0.15) is 0 Å². The first-order chi connectivity index (χ1) is 12.5. The highest BCUT2D eigenvalue weighted by atomic mass is 127. The Morgan fingerprint density at radius 3 is 2.52 bits per heavy atom. The lowest BCUT2D eigenvalue weighted by molar-refractivity contribution is 0.0957. The number of thiophene rings is 1. The largest absolute Gasteiger partial charge is 0.356 e. The van der Waals surface area contributed by atoms with Gasteiger partial charge in [-0.3, -0.25) is 14.7 Å². The third-order valence-electron chi connectivity index (χ3n) is 4.80. The number of rotatable bonds is 8. The molecular formula is C19H34IN5OS. The zero-order valence-electron chi connectivity index (χ0n) is 16.7. The fourth-order valence-corrected chi connectivity index (χ4v) is 3.76. The Kier molecular flexibility index (Phi) is 11.2. The molecule has 8 heteroatoms. The Hall–Kier alpha value is -0.870. The highest BCUT2D eigenvalue weighted by Crippen LogP contribution is 2.19. The van der Waals surface area contributed by atoms with E-state index in [1.54, 1.807) is 7.05 Å². The van der Waals surface area contributed by atoms with E-state index in [2.05, 4.69) is 39.7 Å². The van der Waals surface area contributed by atoms with E-state index >= 15 is 0 Å². The second-order valence-electron chi connectivity index (χ2n) is 7.30. The first kappa shape index (κ1) is 24.2. The average Bonchev–Trinajstić information content (AvgIpc) is 3.19. The fraction of sp³-hybridized carbons (Fsp3) is 0.684. The highest BCUT2D eigenvalue weighted by Gasteiger charge is 2.27. The lowest BCUT2D eigenvalue weighted by Crippen LogP contribution is -2.55. The van der Waals surface area contributed by atoms with Gasteiger partial charge < -0.3 is 16.0 Å². The number of nitrogens with one attached hydrogen (secondary N) is 3. The third kappa shape index (κ3) is 8.35. The van der Waals surface area contributed by atoms with Crippen molar-refractivity contribution in [3.63, 3.8) is 0 Å². The molecule has 0 unspecified atom stereocenters. The molecule has 0 bridgehead atoms.